The van der Waals surface area contributed by atoms with Crippen molar-refractivity contribution in [3.05, 3.63) is 70.8 Å². The van der Waals surface area contributed by atoms with Crippen molar-refractivity contribution in [3.63, 3.8) is 0 Å². The van der Waals surface area contributed by atoms with E-state index in [1.165, 1.54) is 32.4 Å². The fraction of sp³-hybridized carbons (Fsp3) is 0.513. The minimum Gasteiger partial charge on any atom is -0.463 e. The highest BCUT2D eigenvalue weighted by molar-refractivity contribution is 6.11. The zero-order valence-electron chi connectivity index (χ0n) is 30.2. The number of esters is 3. The smallest absolute Gasteiger partial charge is 0.307 e. The van der Waals surface area contributed by atoms with Crippen LogP contribution in [-0.2, 0) is 38.1 Å². The molecule has 2 aromatic rings. The van der Waals surface area contributed by atoms with Gasteiger partial charge in [-0.15, -0.1) is 0 Å². The molecular weight excluding hydrogens is 692 g/mol. The Morgan fingerprint density at radius 3 is 1.64 bits per heavy atom. The second-order valence-electron chi connectivity index (χ2n) is 12.8. The largest absolute Gasteiger partial charge is 0.463 e. The molecule has 2 N–H and O–H groups in total. The van der Waals surface area contributed by atoms with E-state index >= 15 is 0 Å². The van der Waals surface area contributed by atoms with Crippen LogP contribution in [0.15, 0.2) is 48.5 Å². The van der Waals surface area contributed by atoms with Crippen molar-refractivity contribution in [1.29, 1.82) is 0 Å². The topological polar surface area (TPSA) is 206 Å². The van der Waals surface area contributed by atoms with E-state index in [4.69, 9.17) is 23.7 Å². The van der Waals surface area contributed by atoms with Gasteiger partial charge in [0.1, 0.15) is 25.4 Å². The van der Waals surface area contributed by atoms with Gasteiger partial charge in [0.25, 0.3) is 0 Å². The molecule has 0 spiro atoms. The first-order valence-electron chi connectivity index (χ1n) is 17.6. The molecule has 1 aliphatic rings. The van der Waals surface area contributed by atoms with Crippen LogP contribution < -0.4 is 0 Å². The summed E-state index contributed by atoms with van der Waals surface area (Å²) >= 11 is 0. The van der Waals surface area contributed by atoms with Gasteiger partial charge in [-0.3, -0.25) is 33.6 Å². The maximum Gasteiger partial charge on any atom is 0.307 e. The van der Waals surface area contributed by atoms with Crippen LogP contribution in [0.1, 0.15) is 112 Å². The average molecular weight is 741 g/mol. The third-order valence-electron chi connectivity index (χ3n) is 8.62. The fourth-order valence-electron chi connectivity index (χ4n) is 5.88. The SMILES string of the molecule is COCC(O)COC(=O)CCC(=O)c1ccc(C(=O)CCC(=O)OC2(C(=O)c3ccccc3)CCCCC2)cc1C(=O)CCC(=O)OCC(O)COC. The Balaban J connectivity index is 1.72. The summed E-state index contributed by atoms with van der Waals surface area (Å²) in [5, 5.41) is 19.4. The number of benzene rings is 2. The molecule has 0 aromatic heterocycles. The van der Waals surface area contributed by atoms with Gasteiger partial charge in [0.2, 0.25) is 5.78 Å². The van der Waals surface area contributed by atoms with E-state index < -0.39 is 65.9 Å². The van der Waals surface area contributed by atoms with Gasteiger partial charge in [-0.1, -0.05) is 42.8 Å². The van der Waals surface area contributed by atoms with E-state index in [0.29, 0.717) is 31.2 Å². The summed E-state index contributed by atoms with van der Waals surface area (Å²) in [5.41, 5.74) is -1.14. The van der Waals surface area contributed by atoms with Crippen LogP contribution in [0.25, 0.3) is 0 Å². The molecule has 0 amide bonds. The molecule has 1 aliphatic carbocycles. The van der Waals surface area contributed by atoms with Crippen LogP contribution >= 0.6 is 0 Å². The van der Waals surface area contributed by atoms with E-state index in [-0.39, 0.29) is 74.6 Å². The molecular formula is C39H48O14. The van der Waals surface area contributed by atoms with Crippen molar-refractivity contribution in [3.8, 4) is 0 Å². The van der Waals surface area contributed by atoms with Crippen molar-refractivity contribution < 1.29 is 67.5 Å². The monoisotopic (exact) mass is 740 g/mol. The molecule has 0 radical (unpaired) electrons. The first-order chi connectivity index (χ1) is 25.4. The van der Waals surface area contributed by atoms with Gasteiger partial charge >= 0.3 is 17.9 Å². The van der Waals surface area contributed by atoms with Gasteiger partial charge < -0.3 is 33.9 Å². The second-order valence-corrected chi connectivity index (χ2v) is 12.8. The van der Waals surface area contributed by atoms with Gasteiger partial charge in [-0.25, -0.2) is 0 Å². The third-order valence-corrected chi connectivity index (χ3v) is 8.62. The Morgan fingerprint density at radius 1 is 0.585 bits per heavy atom. The van der Waals surface area contributed by atoms with Gasteiger partial charge in [-0.05, 0) is 37.8 Å². The highest BCUT2D eigenvalue weighted by Gasteiger charge is 2.43. The van der Waals surface area contributed by atoms with E-state index in [1.807, 2.05) is 0 Å². The number of aliphatic hydroxyl groups is 2. The van der Waals surface area contributed by atoms with Gasteiger partial charge in [-0.2, -0.15) is 0 Å². The summed E-state index contributed by atoms with van der Waals surface area (Å²) < 4.78 is 25.3. The van der Waals surface area contributed by atoms with Crippen LogP contribution in [-0.4, -0.2) is 110 Å². The Morgan fingerprint density at radius 2 is 1.09 bits per heavy atom. The summed E-state index contributed by atoms with van der Waals surface area (Å²) in [6.07, 6.45) is -1.21. The molecule has 3 rings (SSSR count). The number of carbonyl (C=O) groups is 7. The molecule has 0 heterocycles. The summed E-state index contributed by atoms with van der Waals surface area (Å²) in [6, 6.07) is 12.4. The van der Waals surface area contributed by atoms with E-state index in [2.05, 4.69) is 0 Å². The highest BCUT2D eigenvalue weighted by Crippen LogP contribution is 2.35. The summed E-state index contributed by atoms with van der Waals surface area (Å²) in [4.78, 5) is 90.9. The highest BCUT2D eigenvalue weighted by atomic mass is 16.6. The molecule has 53 heavy (non-hydrogen) atoms. The number of aliphatic hydroxyl groups excluding tert-OH is 2. The molecule has 0 saturated heterocycles. The van der Waals surface area contributed by atoms with Crippen molar-refractivity contribution >= 4 is 41.0 Å². The number of methoxy groups -OCH3 is 2. The molecule has 2 unspecified atom stereocenters. The fourth-order valence-corrected chi connectivity index (χ4v) is 5.88. The van der Waals surface area contributed by atoms with Crippen LogP contribution in [0.3, 0.4) is 0 Å². The number of rotatable bonds is 23. The molecule has 2 atom stereocenters. The zero-order valence-corrected chi connectivity index (χ0v) is 30.2. The maximum atomic E-state index is 13.5. The van der Waals surface area contributed by atoms with Gasteiger partial charge in [0.15, 0.2) is 23.0 Å². The Labute approximate surface area is 308 Å². The van der Waals surface area contributed by atoms with Crippen LogP contribution in [0, 0.1) is 0 Å². The van der Waals surface area contributed by atoms with Crippen LogP contribution in [0.2, 0.25) is 0 Å². The van der Waals surface area contributed by atoms with Crippen molar-refractivity contribution in [1.82, 2.24) is 0 Å². The van der Waals surface area contributed by atoms with E-state index in [1.54, 1.807) is 30.3 Å². The summed E-state index contributed by atoms with van der Waals surface area (Å²) in [6.45, 7) is -0.806. The normalized spacial score (nSPS) is 14.7. The molecule has 1 fully saturated rings. The Hall–Kier alpha value is -4.63. The molecule has 14 nitrogen and oxygen atoms in total. The summed E-state index contributed by atoms with van der Waals surface area (Å²) in [5.74, 6) is -4.37. The number of hydrogen-bond acceptors (Lipinski definition) is 14. The molecule has 2 aromatic carbocycles. The van der Waals surface area contributed by atoms with Crippen LogP contribution in [0.4, 0.5) is 0 Å². The number of Topliss-reactive ketones (excluding diaryl/α,β-unsaturated/α-hetero) is 4. The van der Waals surface area contributed by atoms with E-state index in [0.717, 1.165) is 6.42 Å². The van der Waals surface area contributed by atoms with Crippen molar-refractivity contribution in [2.45, 2.75) is 88.4 Å². The Bertz CT molecular complexity index is 1580. The lowest BCUT2D eigenvalue weighted by Gasteiger charge is -2.35. The predicted octanol–water partition coefficient (Wildman–Crippen LogP) is 3.81. The molecule has 1 saturated carbocycles. The average Bonchev–Trinajstić information content (AvgIpc) is 3.16. The minimum absolute atomic E-state index is 0.0160. The summed E-state index contributed by atoms with van der Waals surface area (Å²) in [7, 11) is 2.74. The molecule has 0 aliphatic heterocycles. The van der Waals surface area contributed by atoms with Gasteiger partial charge in [0, 0.05) is 55.7 Å². The lowest BCUT2D eigenvalue weighted by atomic mass is 9.79. The van der Waals surface area contributed by atoms with Crippen molar-refractivity contribution in [2.75, 3.05) is 40.6 Å². The lowest BCUT2D eigenvalue weighted by Crippen LogP contribution is -2.45. The third kappa shape index (κ3) is 13.7. The maximum absolute atomic E-state index is 13.5. The molecule has 288 valence electrons. The number of ketones is 4. The van der Waals surface area contributed by atoms with Gasteiger partial charge in [0.05, 0.1) is 32.5 Å². The standard InChI is InChI=1S/C39H48O14/c1-49-22-28(40)24-51-35(45)16-14-33(43)30-12-11-27(21-31(30)34(44)15-17-36(46)52-25-29(41)23-50-2)32(42)13-18-37(47)53-39(19-7-4-8-20-39)38(48)26-9-5-3-6-10-26/h3,5-6,9-12,21,28-29,40-41H,4,7-8,13-20,22-25H2,1-2H3. The minimum atomic E-state index is -1.32. The van der Waals surface area contributed by atoms with Crippen LogP contribution in [0.5, 0.6) is 0 Å². The zero-order chi connectivity index (χ0) is 38.8. The first kappa shape index (κ1) is 42.8. The predicted molar refractivity (Wildman–Crippen MR) is 187 cm³/mol. The lowest BCUT2D eigenvalue weighted by molar-refractivity contribution is -0.157. The van der Waals surface area contributed by atoms with E-state index in [9.17, 15) is 43.8 Å². The molecule has 14 heteroatoms. The first-order valence-corrected chi connectivity index (χ1v) is 17.6. The molecule has 0 bridgehead atoms. The number of hydrogen-bond donors (Lipinski definition) is 2. The number of carbonyl (C=O) groups excluding carboxylic acids is 7. The van der Waals surface area contributed by atoms with Crippen molar-refractivity contribution in [2.24, 2.45) is 0 Å². The quantitative estimate of drug-likeness (QED) is 0.0945. The number of ether oxygens (including phenoxy) is 5. The Kier molecular flexibility index (Phi) is 17.6. The second kappa shape index (κ2) is 21.8.